The quantitative estimate of drug-likeness (QED) is 0.888. The number of hydrogen-bond acceptors (Lipinski definition) is 2. The largest absolute Gasteiger partial charge is 0.241 e. The van der Waals surface area contributed by atoms with E-state index in [0.717, 1.165) is 17.7 Å². The highest BCUT2D eigenvalue weighted by atomic mass is 35.5. The number of rotatable bonds is 5. The molecule has 7 heteroatoms. The van der Waals surface area contributed by atoms with Crippen molar-refractivity contribution in [3.8, 4) is 0 Å². The van der Waals surface area contributed by atoms with E-state index in [1.54, 1.807) is 24.3 Å². The molecule has 1 atom stereocenters. The van der Waals surface area contributed by atoms with Gasteiger partial charge in [0.1, 0.15) is 0 Å². The lowest BCUT2D eigenvalue weighted by Crippen LogP contribution is -2.28. The lowest BCUT2D eigenvalue weighted by Gasteiger charge is -2.17. The van der Waals surface area contributed by atoms with Crippen molar-refractivity contribution in [2.24, 2.45) is 0 Å². The molecule has 0 aliphatic carbocycles. The summed E-state index contributed by atoms with van der Waals surface area (Å²) in [6.07, 6.45) is 0.491. The van der Waals surface area contributed by atoms with Gasteiger partial charge >= 0.3 is 0 Å². The van der Waals surface area contributed by atoms with Crippen LogP contribution in [0.3, 0.4) is 0 Å². The summed E-state index contributed by atoms with van der Waals surface area (Å²) in [5.74, 6) is -2.30. The molecule has 3 nitrogen and oxygen atoms in total. The van der Waals surface area contributed by atoms with E-state index in [2.05, 4.69) is 4.72 Å². The van der Waals surface area contributed by atoms with Crippen LogP contribution in [-0.4, -0.2) is 8.42 Å². The van der Waals surface area contributed by atoms with E-state index in [1.165, 1.54) is 0 Å². The smallest absolute Gasteiger partial charge is 0.207 e. The Morgan fingerprint density at radius 1 is 1.09 bits per heavy atom. The third-order valence-corrected chi connectivity index (χ3v) is 4.90. The molecule has 22 heavy (non-hydrogen) atoms. The summed E-state index contributed by atoms with van der Waals surface area (Å²) >= 11 is 5.80. The Hall–Kier alpha value is -1.50. The van der Waals surface area contributed by atoms with Crippen LogP contribution < -0.4 is 4.72 Å². The van der Waals surface area contributed by atoms with Gasteiger partial charge in [0.25, 0.3) is 0 Å². The highest BCUT2D eigenvalue weighted by molar-refractivity contribution is 7.89. The fourth-order valence-corrected chi connectivity index (χ4v) is 3.43. The first-order valence-electron chi connectivity index (χ1n) is 6.56. The van der Waals surface area contributed by atoms with Gasteiger partial charge in [-0.2, -0.15) is 0 Å². The molecule has 2 rings (SSSR count). The second kappa shape index (κ2) is 6.73. The van der Waals surface area contributed by atoms with Gasteiger partial charge in [0.05, 0.1) is 4.90 Å². The van der Waals surface area contributed by atoms with Gasteiger partial charge in [0, 0.05) is 11.1 Å². The molecule has 0 amide bonds. The van der Waals surface area contributed by atoms with E-state index in [4.69, 9.17) is 11.6 Å². The van der Waals surface area contributed by atoms with Gasteiger partial charge in [0.2, 0.25) is 10.0 Å². The van der Waals surface area contributed by atoms with Crippen molar-refractivity contribution in [2.75, 3.05) is 0 Å². The lowest BCUT2D eigenvalue weighted by atomic mass is 10.1. The second-order valence-electron chi connectivity index (χ2n) is 4.71. The molecule has 0 radical (unpaired) electrons. The Labute approximate surface area is 133 Å². The lowest BCUT2D eigenvalue weighted by molar-refractivity contribution is 0.503. The summed E-state index contributed by atoms with van der Waals surface area (Å²) in [5, 5.41) is 0.544. The summed E-state index contributed by atoms with van der Waals surface area (Å²) in [7, 11) is -3.96. The Balaban J connectivity index is 2.29. The molecular formula is C15H14ClF2NO2S. The fourth-order valence-electron chi connectivity index (χ4n) is 1.98. The van der Waals surface area contributed by atoms with Crippen LogP contribution in [-0.2, 0) is 10.0 Å². The Morgan fingerprint density at radius 3 is 2.27 bits per heavy atom. The van der Waals surface area contributed by atoms with E-state index in [0.29, 0.717) is 17.5 Å². The van der Waals surface area contributed by atoms with Gasteiger partial charge in [-0.1, -0.05) is 30.7 Å². The highest BCUT2D eigenvalue weighted by Crippen LogP contribution is 2.22. The van der Waals surface area contributed by atoms with Crippen LogP contribution >= 0.6 is 11.6 Å². The summed E-state index contributed by atoms with van der Waals surface area (Å²) in [5.41, 5.74) is 0.734. The van der Waals surface area contributed by atoms with Crippen LogP contribution in [0.4, 0.5) is 8.78 Å². The second-order valence-corrected chi connectivity index (χ2v) is 6.86. The number of benzene rings is 2. The SMILES string of the molecule is CC[C@@H](NS(=O)(=O)c1ccc(F)c(F)c1)c1ccc(Cl)cc1. The molecular weight excluding hydrogens is 332 g/mol. The van der Waals surface area contributed by atoms with Crippen LogP contribution in [0.1, 0.15) is 24.9 Å². The first-order chi connectivity index (χ1) is 10.3. The van der Waals surface area contributed by atoms with Gasteiger partial charge in [-0.15, -0.1) is 0 Å². The third-order valence-electron chi connectivity index (χ3n) is 3.18. The molecule has 0 heterocycles. The van der Waals surface area contributed by atoms with Crippen molar-refractivity contribution in [3.05, 3.63) is 64.7 Å². The van der Waals surface area contributed by atoms with Gasteiger partial charge < -0.3 is 0 Å². The summed E-state index contributed by atoms with van der Waals surface area (Å²) in [6.45, 7) is 1.81. The van der Waals surface area contributed by atoms with Crippen molar-refractivity contribution >= 4 is 21.6 Å². The normalized spacial score (nSPS) is 13.1. The van der Waals surface area contributed by atoms with Crippen molar-refractivity contribution in [1.29, 1.82) is 0 Å². The zero-order chi connectivity index (χ0) is 16.3. The minimum Gasteiger partial charge on any atom is -0.207 e. The van der Waals surface area contributed by atoms with Gasteiger partial charge in [-0.25, -0.2) is 21.9 Å². The average molecular weight is 346 g/mol. The molecule has 0 saturated heterocycles. The molecule has 0 saturated carbocycles. The minimum absolute atomic E-state index is 0.321. The molecule has 0 spiro atoms. The standard InChI is InChI=1S/C15H14ClF2NO2S/c1-2-15(10-3-5-11(16)6-4-10)19-22(20,21)12-7-8-13(17)14(18)9-12/h3-9,15,19H,2H2,1H3/t15-/m1/s1. The summed E-state index contributed by atoms with van der Waals surface area (Å²) in [6, 6.07) is 8.72. The zero-order valence-corrected chi connectivity index (χ0v) is 13.3. The third kappa shape index (κ3) is 3.82. The van der Waals surface area contributed by atoms with Crippen molar-refractivity contribution < 1.29 is 17.2 Å². The van der Waals surface area contributed by atoms with E-state index >= 15 is 0 Å². The van der Waals surface area contributed by atoms with Gasteiger partial charge in [0.15, 0.2) is 11.6 Å². The first-order valence-corrected chi connectivity index (χ1v) is 8.42. The maximum Gasteiger partial charge on any atom is 0.241 e. The predicted octanol–water partition coefficient (Wildman–Crippen LogP) is 4.05. The van der Waals surface area contributed by atoms with Crippen LogP contribution in [0.5, 0.6) is 0 Å². The van der Waals surface area contributed by atoms with Crippen molar-refractivity contribution in [2.45, 2.75) is 24.3 Å². The number of halogens is 3. The molecule has 0 aliphatic rings. The minimum atomic E-state index is -3.96. The molecule has 0 aromatic heterocycles. The van der Waals surface area contributed by atoms with Crippen LogP contribution in [0.25, 0.3) is 0 Å². The van der Waals surface area contributed by atoms with Gasteiger partial charge in [-0.3, -0.25) is 0 Å². The number of hydrogen-bond donors (Lipinski definition) is 1. The Morgan fingerprint density at radius 2 is 1.73 bits per heavy atom. The molecule has 118 valence electrons. The maximum atomic E-state index is 13.2. The topological polar surface area (TPSA) is 46.2 Å². The molecule has 2 aromatic rings. The molecule has 0 aliphatic heterocycles. The van der Waals surface area contributed by atoms with E-state index < -0.39 is 27.7 Å². The molecule has 0 unspecified atom stereocenters. The van der Waals surface area contributed by atoms with E-state index in [1.807, 2.05) is 6.92 Å². The summed E-state index contributed by atoms with van der Waals surface area (Å²) in [4.78, 5) is -0.321. The van der Waals surface area contributed by atoms with Crippen molar-refractivity contribution in [3.63, 3.8) is 0 Å². The Kier molecular flexibility index (Phi) is 5.16. The monoisotopic (exact) mass is 345 g/mol. The van der Waals surface area contributed by atoms with E-state index in [9.17, 15) is 17.2 Å². The predicted molar refractivity (Wildman–Crippen MR) is 81.2 cm³/mol. The number of sulfonamides is 1. The molecule has 0 bridgehead atoms. The molecule has 2 aromatic carbocycles. The first kappa shape index (κ1) is 16.9. The molecule has 0 fully saturated rings. The average Bonchev–Trinajstić information content (AvgIpc) is 2.48. The van der Waals surface area contributed by atoms with Crippen molar-refractivity contribution in [1.82, 2.24) is 4.72 Å². The maximum absolute atomic E-state index is 13.2. The van der Waals surface area contributed by atoms with Crippen LogP contribution in [0.15, 0.2) is 47.4 Å². The molecule has 1 N–H and O–H groups in total. The fraction of sp³-hybridized carbons (Fsp3) is 0.200. The van der Waals surface area contributed by atoms with E-state index in [-0.39, 0.29) is 4.90 Å². The van der Waals surface area contributed by atoms with Crippen LogP contribution in [0.2, 0.25) is 5.02 Å². The highest BCUT2D eigenvalue weighted by Gasteiger charge is 2.21. The summed E-state index contributed by atoms with van der Waals surface area (Å²) < 4.78 is 53.2. The van der Waals surface area contributed by atoms with Crippen LogP contribution in [0, 0.1) is 11.6 Å². The zero-order valence-electron chi connectivity index (χ0n) is 11.7. The number of nitrogens with one attached hydrogen (secondary N) is 1. The van der Waals surface area contributed by atoms with Gasteiger partial charge in [-0.05, 0) is 42.3 Å². The Bertz CT molecular complexity index is 764.